The highest BCUT2D eigenvalue weighted by Gasteiger charge is 2.33. The van der Waals surface area contributed by atoms with Crippen LogP contribution in [0, 0.1) is 5.82 Å². The lowest BCUT2D eigenvalue weighted by molar-refractivity contribution is -0.132. The Morgan fingerprint density at radius 2 is 1.91 bits per heavy atom. The molecule has 1 aromatic carbocycles. The van der Waals surface area contributed by atoms with Crippen molar-refractivity contribution in [2.75, 3.05) is 39.2 Å². The van der Waals surface area contributed by atoms with E-state index in [9.17, 15) is 14.0 Å². The average molecular weight is 444 g/mol. The summed E-state index contributed by atoms with van der Waals surface area (Å²) in [6.07, 6.45) is 0.418. The van der Waals surface area contributed by atoms with Crippen molar-refractivity contribution in [3.63, 3.8) is 0 Å². The minimum absolute atomic E-state index is 0.00633. The second-order valence-corrected chi connectivity index (χ2v) is 8.49. The molecule has 32 heavy (non-hydrogen) atoms. The number of halogens is 1. The molecule has 0 unspecified atom stereocenters. The first-order chi connectivity index (χ1) is 15.1. The van der Waals surface area contributed by atoms with Gasteiger partial charge >= 0.3 is 0 Å². The van der Waals surface area contributed by atoms with E-state index in [2.05, 4.69) is 9.97 Å². The highest BCUT2D eigenvalue weighted by molar-refractivity contribution is 5.80. The second-order valence-electron chi connectivity index (χ2n) is 8.49. The maximum Gasteiger partial charge on any atom is 0.260 e. The molecule has 0 spiro atoms. The molecule has 1 atom stereocenters. The van der Waals surface area contributed by atoms with Crippen LogP contribution in [0.15, 0.2) is 30.3 Å². The Kier molecular flexibility index (Phi) is 7.27. The third-order valence-corrected chi connectivity index (χ3v) is 5.42. The summed E-state index contributed by atoms with van der Waals surface area (Å²) in [4.78, 5) is 39.4. The highest BCUT2D eigenvalue weighted by atomic mass is 19.1. The van der Waals surface area contributed by atoms with Gasteiger partial charge in [-0.1, -0.05) is 0 Å². The van der Waals surface area contributed by atoms with Crippen molar-refractivity contribution in [3.05, 3.63) is 47.7 Å². The van der Waals surface area contributed by atoms with Crippen LogP contribution in [0.4, 0.5) is 10.2 Å². The molecular formula is C23H30FN5O3. The molecule has 0 radical (unpaired) electrons. The van der Waals surface area contributed by atoms with Crippen LogP contribution < -0.4 is 9.64 Å². The van der Waals surface area contributed by atoms with Gasteiger partial charge in [-0.05, 0) is 38.1 Å². The second kappa shape index (κ2) is 9.93. The van der Waals surface area contributed by atoms with Crippen molar-refractivity contribution in [3.8, 4) is 5.75 Å². The Labute approximate surface area is 188 Å². The normalized spacial score (nSPS) is 15.9. The summed E-state index contributed by atoms with van der Waals surface area (Å²) >= 11 is 0. The molecule has 9 heteroatoms. The van der Waals surface area contributed by atoms with Crippen LogP contribution >= 0.6 is 0 Å². The SMILES string of the molecule is CC(C)N1C[C@@H](c2cc(N(C)C)nc(CN(C)C(=O)COc3ccc(F)cc3)n2)CC1=O. The Hall–Kier alpha value is -3.23. The maximum absolute atomic E-state index is 13.0. The van der Waals surface area contributed by atoms with Gasteiger partial charge in [0.2, 0.25) is 5.91 Å². The molecule has 2 aromatic rings. The summed E-state index contributed by atoms with van der Waals surface area (Å²) in [5, 5.41) is 0. The number of nitrogens with zero attached hydrogens (tertiary/aromatic N) is 5. The third-order valence-electron chi connectivity index (χ3n) is 5.42. The van der Waals surface area contributed by atoms with E-state index in [4.69, 9.17) is 4.74 Å². The largest absolute Gasteiger partial charge is 0.484 e. The van der Waals surface area contributed by atoms with E-state index in [0.29, 0.717) is 24.5 Å². The lowest BCUT2D eigenvalue weighted by Crippen LogP contribution is -2.32. The monoisotopic (exact) mass is 443 g/mol. The number of hydrogen-bond donors (Lipinski definition) is 0. The van der Waals surface area contributed by atoms with E-state index in [1.54, 1.807) is 7.05 Å². The van der Waals surface area contributed by atoms with Gasteiger partial charge < -0.3 is 19.4 Å². The van der Waals surface area contributed by atoms with Crippen molar-refractivity contribution in [1.29, 1.82) is 0 Å². The van der Waals surface area contributed by atoms with Gasteiger partial charge in [0, 0.05) is 52.1 Å². The molecule has 3 rings (SSSR count). The van der Waals surface area contributed by atoms with Gasteiger partial charge in [0.15, 0.2) is 6.61 Å². The summed E-state index contributed by atoms with van der Waals surface area (Å²) in [6, 6.07) is 7.56. The number of anilines is 1. The Morgan fingerprint density at radius 1 is 1.22 bits per heavy atom. The third kappa shape index (κ3) is 5.72. The molecular weight excluding hydrogens is 413 g/mol. The molecule has 1 fully saturated rings. The van der Waals surface area contributed by atoms with E-state index in [1.807, 2.05) is 43.8 Å². The Bertz CT molecular complexity index is 965. The van der Waals surface area contributed by atoms with Crippen LogP contribution in [0.1, 0.15) is 37.7 Å². The van der Waals surface area contributed by atoms with E-state index in [-0.39, 0.29) is 42.7 Å². The number of carbonyl (C=O) groups excluding carboxylic acids is 2. The topological polar surface area (TPSA) is 78.9 Å². The number of amides is 2. The molecule has 2 amide bonds. The Balaban J connectivity index is 1.70. The standard InChI is InChI=1S/C23H30FN5O3/c1-15(2)29-12-16(10-22(29)30)19-11-21(27(3)4)26-20(25-19)13-28(5)23(31)14-32-18-8-6-17(24)7-9-18/h6-9,11,15-16H,10,12-14H2,1-5H3/t16-/m0/s1. The van der Waals surface area contributed by atoms with Crippen LogP contribution in [0.3, 0.4) is 0 Å². The molecule has 0 aliphatic carbocycles. The summed E-state index contributed by atoms with van der Waals surface area (Å²) in [5.74, 6) is 1.15. The maximum atomic E-state index is 13.0. The molecule has 0 saturated carbocycles. The number of carbonyl (C=O) groups is 2. The number of benzene rings is 1. The summed E-state index contributed by atoms with van der Waals surface area (Å²) < 4.78 is 18.4. The van der Waals surface area contributed by atoms with Crippen molar-refractivity contribution in [1.82, 2.24) is 19.8 Å². The van der Waals surface area contributed by atoms with E-state index in [1.165, 1.54) is 29.2 Å². The first-order valence-electron chi connectivity index (χ1n) is 10.6. The van der Waals surface area contributed by atoms with Gasteiger partial charge in [-0.15, -0.1) is 0 Å². The number of aromatic nitrogens is 2. The van der Waals surface area contributed by atoms with Crippen LogP contribution in [-0.2, 0) is 16.1 Å². The molecule has 0 bridgehead atoms. The van der Waals surface area contributed by atoms with Gasteiger partial charge in [0.25, 0.3) is 5.91 Å². The molecule has 1 saturated heterocycles. The zero-order chi connectivity index (χ0) is 23.4. The van der Waals surface area contributed by atoms with Crippen LogP contribution in [0.2, 0.25) is 0 Å². The average Bonchev–Trinajstić information content (AvgIpc) is 3.15. The van der Waals surface area contributed by atoms with Crippen LogP contribution in [0.5, 0.6) is 5.75 Å². The van der Waals surface area contributed by atoms with Gasteiger partial charge in [-0.25, -0.2) is 14.4 Å². The smallest absolute Gasteiger partial charge is 0.260 e. The molecule has 1 aliphatic rings. The van der Waals surface area contributed by atoms with Gasteiger partial charge in [-0.3, -0.25) is 9.59 Å². The van der Waals surface area contributed by atoms with Crippen LogP contribution in [-0.4, -0.2) is 71.9 Å². The lowest BCUT2D eigenvalue weighted by atomic mass is 10.0. The van der Waals surface area contributed by atoms with E-state index < -0.39 is 0 Å². The summed E-state index contributed by atoms with van der Waals surface area (Å²) in [6.45, 7) is 4.66. The zero-order valence-corrected chi connectivity index (χ0v) is 19.2. The first kappa shape index (κ1) is 23.4. The number of likely N-dealkylation sites (tertiary alicyclic amines) is 1. The minimum atomic E-state index is -0.366. The Morgan fingerprint density at radius 3 is 2.50 bits per heavy atom. The number of rotatable bonds is 8. The molecule has 8 nitrogen and oxygen atoms in total. The van der Waals surface area contributed by atoms with Crippen molar-refractivity contribution >= 4 is 17.6 Å². The molecule has 1 aliphatic heterocycles. The zero-order valence-electron chi connectivity index (χ0n) is 19.2. The predicted molar refractivity (Wildman–Crippen MR) is 119 cm³/mol. The van der Waals surface area contributed by atoms with E-state index in [0.717, 1.165) is 11.5 Å². The number of ether oxygens (including phenoxy) is 1. The molecule has 2 heterocycles. The van der Waals surface area contributed by atoms with Crippen molar-refractivity contribution in [2.45, 2.75) is 38.8 Å². The molecule has 172 valence electrons. The minimum Gasteiger partial charge on any atom is -0.484 e. The predicted octanol–water partition coefficient (Wildman–Crippen LogP) is 2.44. The van der Waals surface area contributed by atoms with E-state index >= 15 is 0 Å². The van der Waals surface area contributed by atoms with Crippen molar-refractivity contribution < 1.29 is 18.7 Å². The van der Waals surface area contributed by atoms with Gasteiger partial charge in [0.05, 0.1) is 12.2 Å². The number of likely N-dealkylation sites (N-methyl/N-ethyl adjacent to an activating group) is 1. The van der Waals surface area contributed by atoms with Crippen molar-refractivity contribution in [2.24, 2.45) is 0 Å². The fourth-order valence-corrected chi connectivity index (χ4v) is 3.53. The van der Waals surface area contributed by atoms with Crippen LogP contribution in [0.25, 0.3) is 0 Å². The fraction of sp³-hybridized carbons (Fsp3) is 0.478. The quantitative estimate of drug-likeness (QED) is 0.624. The molecule has 0 N–H and O–H groups in total. The fourth-order valence-electron chi connectivity index (χ4n) is 3.53. The first-order valence-corrected chi connectivity index (χ1v) is 10.6. The summed E-state index contributed by atoms with van der Waals surface area (Å²) in [7, 11) is 5.43. The lowest BCUT2D eigenvalue weighted by Gasteiger charge is -2.22. The molecule has 1 aromatic heterocycles. The highest BCUT2D eigenvalue weighted by Crippen LogP contribution is 2.30. The van der Waals surface area contributed by atoms with Gasteiger partial charge in [-0.2, -0.15) is 0 Å². The van der Waals surface area contributed by atoms with Gasteiger partial charge in [0.1, 0.15) is 23.2 Å². The number of hydrogen-bond acceptors (Lipinski definition) is 6. The summed E-state index contributed by atoms with van der Waals surface area (Å²) in [5.41, 5.74) is 0.804.